The van der Waals surface area contributed by atoms with E-state index in [9.17, 15) is 4.79 Å². The number of aromatic nitrogens is 2. The van der Waals surface area contributed by atoms with Gasteiger partial charge in [0.2, 0.25) is 0 Å². The van der Waals surface area contributed by atoms with Gasteiger partial charge in [-0.1, -0.05) is 0 Å². The molecule has 2 aromatic heterocycles. The van der Waals surface area contributed by atoms with Crippen LogP contribution in [0.25, 0.3) is 0 Å². The molecular weight excluding hydrogens is 280 g/mol. The Bertz CT molecular complexity index is 646. The van der Waals surface area contributed by atoms with Crippen LogP contribution in [0.15, 0.2) is 28.9 Å². The van der Waals surface area contributed by atoms with Gasteiger partial charge in [0.15, 0.2) is 5.76 Å². The Labute approximate surface area is 130 Å². The topological polar surface area (TPSA) is 54.5 Å². The largest absolute Gasteiger partial charge is 0.456 e. The number of hydrogen-bond donors (Lipinski definition) is 0. The third kappa shape index (κ3) is 3.39. The van der Waals surface area contributed by atoms with Crippen LogP contribution in [0.3, 0.4) is 0 Å². The summed E-state index contributed by atoms with van der Waals surface area (Å²) in [6.45, 7) is 6.13. The van der Waals surface area contributed by atoms with E-state index in [1.165, 1.54) is 5.56 Å². The number of amides is 1. The van der Waals surface area contributed by atoms with E-state index in [1.807, 2.05) is 42.0 Å². The molecule has 2 aromatic rings. The molecule has 0 bridgehead atoms. The highest BCUT2D eigenvalue weighted by atomic mass is 16.3. The fourth-order valence-corrected chi connectivity index (χ4v) is 2.85. The lowest BCUT2D eigenvalue weighted by Crippen LogP contribution is -2.34. The molecule has 1 fully saturated rings. The van der Waals surface area contributed by atoms with Crippen molar-refractivity contribution < 1.29 is 9.21 Å². The molecule has 1 aliphatic rings. The highest BCUT2D eigenvalue weighted by Crippen LogP contribution is 2.13. The summed E-state index contributed by atoms with van der Waals surface area (Å²) in [4.78, 5) is 16.7. The van der Waals surface area contributed by atoms with Crippen LogP contribution < -0.4 is 0 Å². The second-order valence-corrected chi connectivity index (χ2v) is 5.85. The maximum Gasteiger partial charge on any atom is 0.289 e. The lowest BCUT2D eigenvalue weighted by atomic mass is 10.3. The predicted molar refractivity (Wildman–Crippen MR) is 82.5 cm³/mol. The maximum absolute atomic E-state index is 12.4. The van der Waals surface area contributed by atoms with Crippen molar-refractivity contribution in [3.63, 3.8) is 0 Å². The van der Waals surface area contributed by atoms with E-state index in [1.54, 1.807) is 6.07 Å². The SMILES string of the molecule is Cc1ccc(C(=O)N2CCCN(Cc3cnn(C)c3)CC2)o1. The van der Waals surface area contributed by atoms with Crippen LogP contribution in [0.1, 0.15) is 28.3 Å². The molecular formula is C16H22N4O2. The lowest BCUT2D eigenvalue weighted by molar-refractivity contribution is 0.0728. The molecule has 6 heteroatoms. The van der Waals surface area contributed by atoms with E-state index in [-0.39, 0.29) is 5.91 Å². The van der Waals surface area contributed by atoms with Gasteiger partial charge in [0, 0.05) is 51.5 Å². The van der Waals surface area contributed by atoms with Crippen molar-refractivity contribution >= 4 is 5.91 Å². The van der Waals surface area contributed by atoms with Crippen molar-refractivity contribution in [2.45, 2.75) is 19.9 Å². The average molecular weight is 302 g/mol. The van der Waals surface area contributed by atoms with Gasteiger partial charge in [0.1, 0.15) is 5.76 Å². The molecule has 0 aromatic carbocycles. The molecule has 0 unspecified atom stereocenters. The van der Waals surface area contributed by atoms with E-state index >= 15 is 0 Å². The van der Waals surface area contributed by atoms with E-state index in [2.05, 4.69) is 10.00 Å². The van der Waals surface area contributed by atoms with Crippen LogP contribution >= 0.6 is 0 Å². The van der Waals surface area contributed by atoms with Gasteiger partial charge in [-0.05, 0) is 25.5 Å². The summed E-state index contributed by atoms with van der Waals surface area (Å²) in [6, 6.07) is 3.59. The molecule has 0 aliphatic carbocycles. The zero-order chi connectivity index (χ0) is 15.5. The minimum absolute atomic E-state index is 0.00340. The molecule has 1 saturated heterocycles. The first-order chi connectivity index (χ1) is 10.6. The summed E-state index contributed by atoms with van der Waals surface area (Å²) in [7, 11) is 1.93. The van der Waals surface area contributed by atoms with Gasteiger partial charge in [0.05, 0.1) is 6.20 Å². The number of hydrogen-bond acceptors (Lipinski definition) is 4. The standard InChI is InChI=1S/C16H22N4O2/c1-13-4-5-15(22-13)16(21)20-7-3-6-19(8-9-20)12-14-10-17-18(2)11-14/h4-5,10-11H,3,6-9,12H2,1-2H3. The van der Waals surface area contributed by atoms with Gasteiger partial charge >= 0.3 is 0 Å². The monoisotopic (exact) mass is 302 g/mol. The summed E-state index contributed by atoms with van der Waals surface area (Å²) in [5.74, 6) is 1.21. The first kappa shape index (κ1) is 14.8. The average Bonchev–Trinajstić information content (AvgIpc) is 3.02. The Kier molecular flexibility index (Phi) is 4.29. The molecule has 1 aliphatic heterocycles. The van der Waals surface area contributed by atoms with Crippen LogP contribution in [0.2, 0.25) is 0 Å². The van der Waals surface area contributed by atoms with Crippen molar-refractivity contribution in [2.75, 3.05) is 26.2 Å². The highest BCUT2D eigenvalue weighted by molar-refractivity contribution is 5.91. The molecule has 22 heavy (non-hydrogen) atoms. The van der Waals surface area contributed by atoms with Crippen molar-refractivity contribution in [1.29, 1.82) is 0 Å². The third-order valence-corrected chi connectivity index (χ3v) is 3.99. The Hall–Kier alpha value is -2.08. The normalized spacial score (nSPS) is 16.7. The number of nitrogens with zero attached hydrogens (tertiary/aromatic N) is 4. The zero-order valence-corrected chi connectivity index (χ0v) is 13.2. The highest BCUT2D eigenvalue weighted by Gasteiger charge is 2.22. The minimum atomic E-state index is -0.00340. The molecule has 0 saturated carbocycles. The number of carbonyl (C=O) groups excluding carboxylic acids is 1. The summed E-state index contributed by atoms with van der Waals surface area (Å²) in [5, 5.41) is 4.20. The van der Waals surface area contributed by atoms with Crippen LogP contribution in [-0.4, -0.2) is 51.7 Å². The van der Waals surface area contributed by atoms with E-state index < -0.39 is 0 Å². The van der Waals surface area contributed by atoms with Crippen molar-refractivity contribution in [2.24, 2.45) is 7.05 Å². The van der Waals surface area contributed by atoms with Gasteiger partial charge in [-0.15, -0.1) is 0 Å². The summed E-state index contributed by atoms with van der Waals surface area (Å²) >= 11 is 0. The van der Waals surface area contributed by atoms with Crippen molar-refractivity contribution in [3.05, 3.63) is 41.6 Å². The predicted octanol–water partition coefficient (Wildman–Crippen LogP) is 1.67. The molecule has 3 heterocycles. The molecule has 0 atom stereocenters. The summed E-state index contributed by atoms with van der Waals surface area (Å²) in [6.07, 6.45) is 4.92. The molecule has 0 N–H and O–H groups in total. The zero-order valence-electron chi connectivity index (χ0n) is 13.2. The second-order valence-electron chi connectivity index (χ2n) is 5.85. The third-order valence-electron chi connectivity index (χ3n) is 3.99. The van der Waals surface area contributed by atoms with Crippen molar-refractivity contribution in [3.8, 4) is 0 Å². The molecule has 0 spiro atoms. The number of rotatable bonds is 3. The van der Waals surface area contributed by atoms with E-state index in [4.69, 9.17) is 4.42 Å². The smallest absolute Gasteiger partial charge is 0.289 e. The van der Waals surface area contributed by atoms with Gasteiger partial charge < -0.3 is 9.32 Å². The summed E-state index contributed by atoms with van der Waals surface area (Å²) in [5.41, 5.74) is 1.21. The number of carbonyl (C=O) groups is 1. The van der Waals surface area contributed by atoms with E-state index in [0.717, 1.165) is 44.9 Å². The Morgan fingerprint density at radius 3 is 2.82 bits per heavy atom. The van der Waals surface area contributed by atoms with Crippen molar-refractivity contribution in [1.82, 2.24) is 19.6 Å². The Morgan fingerprint density at radius 2 is 2.14 bits per heavy atom. The Balaban J connectivity index is 1.58. The minimum Gasteiger partial charge on any atom is -0.456 e. The molecule has 6 nitrogen and oxygen atoms in total. The van der Waals surface area contributed by atoms with Gasteiger partial charge in [-0.3, -0.25) is 14.4 Å². The first-order valence-electron chi connectivity index (χ1n) is 7.67. The van der Waals surface area contributed by atoms with Crippen LogP contribution in [0.4, 0.5) is 0 Å². The van der Waals surface area contributed by atoms with Crippen LogP contribution in [-0.2, 0) is 13.6 Å². The molecule has 1 amide bonds. The van der Waals surface area contributed by atoms with Crippen LogP contribution in [0.5, 0.6) is 0 Å². The van der Waals surface area contributed by atoms with Gasteiger partial charge in [0.25, 0.3) is 5.91 Å². The van der Waals surface area contributed by atoms with Gasteiger partial charge in [-0.25, -0.2) is 0 Å². The van der Waals surface area contributed by atoms with Crippen LogP contribution in [0, 0.1) is 6.92 Å². The fourth-order valence-electron chi connectivity index (χ4n) is 2.85. The lowest BCUT2D eigenvalue weighted by Gasteiger charge is -2.20. The summed E-state index contributed by atoms with van der Waals surface area (Å²) < 4.78 is 7.27. The quantitative estimate of drug-likeness (QED) is 0.865. The molecule has 118 valence electrons. The maximum atomic E-state index is 12.4. The van der Waals surface area contributed by atoms with Gasteiger partial charge in [-0.2, -0.15) is 5.10 Å². The molecule has 3 rings (SSSR count). The number of aryl methyl sites for hydroxylation is 2. The number of furan rings is 1. The van der Waals surface area contributed by atoms with E-state index in [0.29, 0.717) is 5.76 Å². The molecule has 0 radical (unpaired) electrons. The second kappa shape index (κ2) is 6.36. The Morgan fingerprint density at radius 1 is 1.27 bits per heavy atom. The first-order valence-corrected chi connectivity index (χ1v) is 7.67. The fraction of sp³-hybridized carbons (Fsp3) is 0.500.